The zero-order valence-corrected chi connectivity index (χ0v) is 29.7. The Hall–Kier alpha value is -5.18. The van der Waals surface area contributed by atoms with Crippen molar-refractivity contribution < 1.29 is 0 Å². The highest BCUT2D eigenvalue weighted by molar-refractivity contribution is 7.26. The number of fused-ring (bicyclic) bond motifs is 5. The van der Waals surface area contributed by atoms with Crippen LogP contribution in [-0.4, -0.2) is 0 Å². The fourth-order valence-corrected chi connectivity index (χ4v) is 8.39. The Morgan fingerprint density at radius 1 is 0.755 bits per heavy atom. The molecule has 0 spiro atoms. The summed E-state index contributed by atoms with van der Waals surface area (Å²) in [5.74, 6) is 0.439. The highest BCUT2D eigenvalue weighted by atomic mass is 32.1. The second-order valence-electron chi connectivity index (χ2n) is 13.5. The molecule has 1 aliphatic rings. The van der Waals surface area contributed by atoms with Crippen molar-refractivity contribution in [2.24, 2.45) is 5.92 Å². The van der Waals surface area contributed by atoms with Crippen LogP contribution in [0.2, 0.25) is 0 Å². The molecular weight excluding hydrogens is 611 g/mol. The Labute approximate surface area is 295 Å². The highest BCUT2D eigenvalue weighted by Gasteiger charge is 2.30. The van der Waals surface area contributed by atoms with Gasteiger partial charge in [0, 0.05) is 37.2 Å². The SMILES string of the molecule is C=C/C=C\C=C(/C)c1ccc(N(c2ccccc2)c2ccc(-c3cccc4c3sc3c5c(ccc34)C(C)(C)[C@@H](C)/C=C\C=C/C5)cc2)cc1. The van der Waals surface area contributed by atoms with Gasteiger partial charge in [0.25, 0.3) is 0 Å². The van der Waals surface area contributed by atoms with Gasteiger partial charge in [-0.05, 0) is 94.5 Å². The first kappa shape index (κ1) is 32.4. The minimum Gasteiger partial charge on any atom is -0.311 e. The van der Waals surface area contributed by atoms with Crippen molar-refractivity contribution >= 4 is 54.1 Å². The third kappa shape index (κ3) is 6.25. The standard InChI is InChI=1S/C47H43NS/c1-6-7-10-16-33(2)35-23-27-38(28-24-35)48(37-18-12-9-13-19-37)39-29-25-36(26-30-39)40-21-15-22-41-42-31-32-44-43(46(42)49-45(40)41)20-14-8-11-17-34(3)47(44,4)5/h6-19,21-32,34H,1,20H2,2-5H3/b10-7-,14-8-,17-11-,33-16+/t34-/m0/s1. The third-order valence-electron chi connectivity index (χ3n) is 10.2. The van der Waals surface area contributed by atoms with Crippen LogP contribution in [-0.2, 0) is 11.8 Å². The molecule has 0 unspecified atom stereocenters. The topological polar surface area (TPSA) is 3.24 Å². The molecule has 0 radical (unpaired) electrons. The largest absolute Gasteiger partial charge is 0.311 e. The van der Waals surface area contributed by atoms with Crippen molar-refractivity contribution in [3.63, 3.8) is 0 Å². The molecule has 0 bridgehead atoms. The van der Waals surface area contributed by atoms with E-state index in [9.17, 15) is 0 Å². The van der Waals surface area contributed by atoms with Gasteiger partial charge in [0.05, 0.1) is 0 Å². The number of anilines is 3. The van der Waals surface area contributed by atoms with Crippen LogP contribution >= 0.6 is 11.3 Å². The fourth-order valence-electron chi connectivity index (χ4n) is 6.99. The molecule has 242 valence electrons. The number of hydrogen-bond donors (Lipinski definition) is 0. The summed E-state index contributed by atoms with van der Waals surface area (Å²) in [6.45, 7) is 13.0. The quantitative estimate of drug-likeness (QED) is 0.155. The van der Waals surface area contributed by atoms with Gasteiger partial charge in [-0.25, -0.2) is 0 Å². The van der Waals surface area contributed by atoms with E-state index < -0.39 is 0 Å². The molecule has 0 aliphatic heterocycles. The smallest absolute Gasteiger partial charge is 0.0462 e. The average molecular weight is 654 g/mol. The molecular formula is C47H43NS. The average Bonchev–Trinajstić information content (AvgIpc) is 3.53. The Balaban J connectivity index is 1.28. The van der Waals surface area contributed by atoms with Gasteiger partial charge in [-0.2, -0.15) is 0 Å². The molecule has 2 heteroatoms. The molecule has 5 aromatic carbocycles. The number of hydrogen-bond acceptors (Lipinski definition) is 2. The van der Waals surface area contributed by atoms with Crippen molar-refractivity contribution in [1.29, 1.82) is 0 Å². The summed E-state index contributed by atoms with van der Waals surface area (Å²) in [6.07, 6.45) is 17.9. The summed E-state index contributed by atoms with van der Waals surface area (Å²) >= 11 is 1.96. The van der Waals surface area contributed by atoms with Gasteiger partial charge in [0.2, 0.25) is 0 Å². The summed E-state index contributed by atoms with van der Waals surface area (Å²) < 4.78 is 2.78. The number of benzene rings is 5. The zero-order valence-electron chi connectivity index (χ0n) is 28.9. The van der Waals surface area contributed by atoms with Crippen molar-refractivity contribution in [3.05, 3.63) is 181 Å². The van der Waals surface area contributed by atoms with E-state index in [4.69, 9.17) is 0 Å². The molecule has 1 aromatic heterocycles. The first-order valence-corrected chi connectivity index (χ1v) is 18.0. The molecule has 7 rings (SSSR count). The van der Waals surface area contributed by atoms with E-state index in [1.54, 1.807) is 6.08 Å². The fraction of sp³-hybridized carbons (Fsp3) is 0.149. The molecule has 0 saturated carbocycles. The van der Waals surface area contributed by atoms with E-state index >= 15 is 0 Å². The maximum atomic E-state index is 3.77. The number of para-hydroxylation sites is 1. The predicted octanol–water partition coefficient (Wildman–Crippen LogP) is 13.9. The van der Waals surface area contributed by atoms with Crippen LogP contribution in [0.3, 0.4) is 0 Å². The normalized spacial score (nSPS) is 17.3. The van der Waals surface area contributed by atoms with Crippen LogP contribution in [0.4, 0.5) is 17.1 Å². The van der Waals surface area contributed by atoms with E-state index in [0.29, 0.717) is 5.92 Å². The minimum atomic E-state index is 0.0457. The molecule has 1 atom stereocenters. The van der Waals surface area contributed by atoms with Gasteiger partial charge in [0.15, 0.2) is 0 Å². The van der Waals surface area contributed by atoms with Crippen LogP contribution in [0.25, 0.3) is 36.9 Å². The van der Waals surface area contributed by atoms with Gasteiger partial charge < -0.3 is 4.90 Å². The molecule has 0 saturated heterocycles. The van der Waals surface area contributed by atoms with Gasteiger partial charge in [-0.15, -0.1) is 11.3 Å². The van der Waals surface area contributed by atoms with Crippen LogP contribution in [0.1, 0.15) is 44.4 Å². The van der Waals surface area contributed by atoms with Gasteiger partial charge in [-0.1, -0.05) is 149 Å². The second-order valence-corrected chi connectivity index (χ2v) is 14.5. The Morgan fingerprint density at radius 3 is 2.18 bits per heavy atom. The number of nitrogens with zero attached hydrogens (tertiary/aromatic N) is 1. The number of allylic oxidation sites excluding steroid dienone is 9. The van der Waals surface area contributed by atoms with Crippen molar-refractivity contribution in [2.75, 3.05) is 4.90 Å². The van der Waals surface area contributed by atoms with Crippen molar-refractivity contribution in [1.82, 2.24) is 0 Å². The summed E-state index contributed by atoms with van der Waals surface area (Å²) in [6, 6.07) is 40.1. The van der Waals surface area contributed by atoms with Crippen molar-refractivity contribution in [2.45, 2.75) is 39.5 Å². The lowest BCUT2D eigenvalue weighted by Crippen LogP contribution is -2.26. The second kappa shape index (κ2) is 13.7. The van der Waals surface area contributed by atoms with E-state index in [2.05, 4.69) is 179 Å². The Bertz CT molecular complexity index is 2240. The first-order chi connectivity index (χ1) is 23.9. The third-order valence-corrected chi connectivity index (χ3v) is 11.5. The maximum absolute atomic E-state index is 3.77. The zero-order chi connectivity index (χ0) is 34.0. The van der Waals surface area contributed by atoms with E-state index in [1.165, 1.54) is 53.6 Å². The maximum Gasteiger partial charge on any atom is 0.0462 e. The number of thiophene rings is 1. The van der Waals surface area contributed by atoms with Crippen LogP contribution < -0.4 is 4.90 Å². The number of rotatable bonds is 7. The summed E-state index contributed by atoms with van der Waals surface area (Å²) in [5, 5.41) is 2.70. The molecule has 1 heterocycles. The Kier molecular flexibility index (Phi) is 9.08. The lowest BCUT2D eigenvalue weighted by molar-refractivity contribution is 0.407. The molecule has 6 aromatic rings. The lowest BCUT2D eigenvalue weighted by Gasteiger charge is -2.32. The Morgan fingerprint density at radius 2 is 1.45 bits per heavy atom. The molecule has 1 nitrogen and oxygen atoms in total. The monoisotopic (exact) mass is 653 g/mol. The molecule has 49 heavy (non-hydrogen) atoms. The highest BCUT2D eigenvalue weighted by Crippen LogP contribution is 2.46. The summed E-state index contributed by atoms with van der Waals surface area (Å²) in [5.41, 5.74) is 11.3. The van der Waals surface area contributed by atoms with Gasteiger partial charge >= 0.3 is 0 Å². The van der Waals surface area contributed by atoms with Gasteiger partial charge in [-0.3, -0.25) is 0 Å². The lowest BCUT2D eigenvalue weighted by atomic mass is 9.72. The molecule has 1 aliphatic carbocycles. The van der Waals surface area contributed by atoms with E-state index in [-0.39, 0.29) is 5.41 Å². The first-order valence-electron chi connectivity index (χ1n) is 17.2. The van der Waals surface area contributed by atoms with Crippen molar-refractivity contribution in [3.8, 4) is 11.1 Å². The van der Waals surface area contributed by atoms with Gasteiger partial charge in [0.1, 0.15) is 0 Å². The van der Waals surface area contributed by atoms with Crippen LogP contribution in [0, 0.1) is 5.92 Å². The summed E-state index contributed by atoms with van der Waals surface area (Å²) in [7, 11) is 0. The van der Waals surface area contributed by atoms with Crippen LogP contribution in [0.5, 0.6) is 0 Å². The van der Waals surface area contributed by atoms with E-state index in [0.717, 1.165) is 23.5 Å². The minimum absolute atomic E-state index is 0.0457. The molecule has 0 fully saturated rings. The predicted molar refractivity (Wildman–Crippen MR) is 217 cm³/mol. The molecule has 0 N–H and O–H groups in total. The van der Waals surface area contributed by atoms with Crippen LogP contribution in [0.15, 0.2) is 164 Å². The van der Waals surface area contributed by atoms with E-state index in [1.807, 2.05) is 23.5 Å². The summed E-state index contributed by atoms with van der Waals surface area (Å²) in [4.78, 5) is 2.33. The molecule has 0 amide bonds.